The minimum Gasteiger partial charge on any atom is -0.449 e. The molecule has 3 aromatic heterocycles. The van der Waals surface area contributed by atoms with Gasteiger partial charge in [-0.1, -0.05) is 24.3 Å². The first-order chi connectivity index (χ1) is 13.5. The highest BCUT2D eigenvalue weighted by Gasteiger charge is 2.27. The number of rotatable bonds is 5. The van der Waals surface area contributed by atoms with Gasteiger partial charge in [0.15, 0.2) is 11.8 Å². The first-order valence-corrected chi connectivity index (χ1v) is 9.67. The molecule has 4 rings (SSSR count). The van der Waals surface area contributed by atoms with E-state index in [-0.39, 0.29) is 11.5 Å². The average Bonchev–Trinajstić information content (AvgIpc) is 3.38. The summed E-state index contributed by atoms with van der Waals surface area (Å²) in [6, 6.07) is 11.3. The van der Waals surface area contributed by atoms with Gasteiger partial charge in [0.1, 0.15) is 5.76 Å². The Labute approximate surface area is 165 Å². The molecule has 3 heterocycles. The van der Waals surface area contributed by atoms with Crippen molar-refractivity contribution < 1.29 is 18.7 Å². The summed E-state index contributed by atoms with van der Waals surface area (Å²) in [7, 11) is 0. The van der Waals surface area contributed by atoms with Gasteiger partial charge in [0.25, 0.3) is 0 Å². The van der Waals surface area contributed by atoms with Gasteiger partial charge in [0, 0.05) is 22.2 Å². The first kappa shape index (κ1) is 18.2. The second-order valence-electron chi connectivity index (χ2n) is 6.48. The minimum atomic E-state index is -0.952. The number of H-pyrrole nitrogens is 1. The molecule has 28 heavy (non-hydrogen) atoms. The second kappa shape index (κ2) is 7.09. The third-order valence-electron chi connectivity index (χ3n) is 4.51. The number of carbonyl (C=O) groups excluding carboxylic acids is 2. The lowest BCUT2D eigenvalue weighted by atomic mass is 10.0. The van der Waals surface area contributed by atoms with Crippen molar-refractivity contribution in [1.29, 1.82) is 0 Å². The number of para-hydroxylation sites is 1. The van der Waals surface area contributed by atoms with Crippen molar-refractivity contribution in [2.24, 2.45) is 0 Å². The van der Waals surface area contributed by atoms with Crippen LogP contribution in [0.5, 0.6) is 0 Å². The molecule has 4 aromatic rings. The molecule has 1 aromatic carbocycles. The van der Waals surface area contributed by atoms with E-state index < -0.39 is 12.1 Å². The van der Waals surface area contributed by atoms with E-state index in [0.29, 0.717) is 17.2 Å². The number of aryl methyl sites for hydroxylation is 2. The summed E-state index contributed by atoms with van der Waals surface area (Å²) in [5, 5.41) is 2.71. The fourth-order valence-electron chi connectivity index (χ4n) is 3.16. The molecule has 0 radical (unpaired) electrons. The van der Waals surface area contributed by atoms with Crippen LogP contribution in [0.2, 0.25) is 0 Å². The molecule has 7 heteroatoms. The van der Waals surface area contributed by atoms with Crippen LogP contribution in [-0.4, -0.2) is 27.8 Å². The highest BCUT2D eigenvalue weighted by molar-refractivity contribution is 7.13. The molecular formula is C21H18N2O4S. The Hall–Kier alpha value is -3.19. The number of thiophene rings is 1. The van der Waals surface area contributed by atoms with Gasteiger partial charge >= 0.3 is 5.97 Å². The molecule has 0 aliphatic heterocycles. The Morgan fingerprint density at radius 3 is 2.71 bits per heavy atom. The van der Waals surface area contributed by atoms with Gasteiger partial charge in [-0.2, -0.15) is 0 Å². The summed E-state index contributed by atoms with van der Waals surface area (Å²) < 4.78 is 11.0. The van der Waals surface area contributed by atoms with Gasteiger partial charge < -0.3 is 14.1 Å². The molecule has 6 nitrogen and oxygen atoms in total. The molecule has 0 fully saturated rings. The predicted molar refractivity (Wildman–Crippen MR) is 107 cm³/mol. The number of aromatic nitrogens is 2. The third kappa shape index (κ3) is 3.14. The minimum absolute atomic E-state index is 0.0821. The van der Waals surface area contributed by atoms with Crippen LogP contribution < -0.4 is 0 Å². The van der Waals surface area contributed by atoms with Gasteiger partial charge in [-0.15, -0.1) is 11.3 Å². The summed E-state index contributed by atoms with van der Waals surface area (Å²) in [4.78, 5) is 33.8. The van der Waals surface area contributed by atoms with E-state index in [4.69, 9.17) is 9.15 Å². The topological polar surface area (TPSA) is 85.2 Å². The predicted octanol–water partition coefficient (Wildman–Crippen LogP) is 4.93. The molecular weight excluding hydrogens is 376 g/mol. The molecule has 0 aliphatic rings. The van der Waals surface area contributed by atoms with Gasteiger partial charge in [0.05, 0.1) is 4.88 Å². The highest BCUT2D eigenvalue weighted by atomic mass is 32.1. The first-order valence-electron chi connectivity index (χ1n) is 8.79. The van der Waals surface area contributed by atoms with E-state index in [0.717, 1.165) is 21.5 Å². The number of nitrogens with zero attached hydrogens (tertiary/aromatic N) is 1. The highest BCUT2D eigenvalue weighted by Crippen LogP contribution is 2.27. The average molecular weight is 394 g/mol. The van der Waals surface area contributed by atoms with Gasteiger partial charge in [0.2, 0.25) is 11.7 Å². The molecule has 0 bridgehead atoms. The van der Waals surface area contributed by atoms with Crippen LogP contribution in [0.1, 0.15) is 39.2 Å². The van der Waals surface area contributed by atoms with Gasteiger partial charge in [-0.3, -0.25) is 4.79 Å². The van der Waals surface area contributed by atoms with E-state index in [2.05, 4.69) is 9.97 Å². The zero-order valence-electron chi connectivity index (χ0n) is 15.6. The number of fused-ring (bicyclic) bond motifs is 1. The lowest BCUT2D eigenvalue weighted by Crippen LogP contribution is -2.25. The quantitative estimate of drug-likeness (QED) is 0.383. The zero-order valence-corrected chi connectivity index (χ0v) is 16.4. The van der Waals surface area contributed by atoms with Crippen LogP contribution in [0.15, 0.2) is 46.2 Å². The number of hydrogen-bond donors (Lipinski definition) is 1. The Kier molecular flexibility index (Phi) is 4.60. The third-order valence-corrected chi connectivity index (χ3v) is 5.37. The summed E-state index contributed by atoms with van der Waals surface area (Å²) >= 11 is 1.46. The number of benzene rings is 1. The number of nitrogens with one attached hydrogen (secondary N) is 1. The maximum absolute atomic E-state index is 12.9. The van der Waals surface area contributed by atoms with Gasteiger partial charge in [-0.05, 0) is 38.3 Å². The van der Waals surface area contributed by atoms with Crippen molar-refractivity contribution in [1.82, 2.24) is 9.97 Å². The number of ether oxygens (including phenoxy) is 1. The van der Waals surface area contributed by atoms with Crippen LogP contribution >= 0.6 is 11.3 Å². The smallest absolute Gasteiger partial charge is 0.361 e. The van der Waals surface area contributed by atoms with Crippen molar-refractivity contribution in [2.75, 3.05) is 0 Å². The number of Topliss-reactive ketones (excluding diaryl/α,β-unsaturated/α-hetero) is 1. The lowest BCUT2D eigenvalue weighted by Gasteiger charge is -2.11. The van der Waals surface area contributed by atoms with E-state index in [1.165, 1.54) is 11.3 Å². The van der Waals surface area contributed by atoms with E-state index >= 15 is 0 Å². The number of hydrogen-bond acceptors (Lipinski definition) is 6. The van der Waals surface area contributed by atoms with Crippen molar-refractivity contribution in [3.05, 3.63) is 64.5 Å². The van der Waals surface area contributed by atoms with E-state index in [9.17, 15) is 9.59 Å². The van der Waals surface area contributed by atoms with Crippen LogP contribution in [0.25, 0.3) is 21.7 Å². The largest absolute Gasteiger partial charge is 0.449 e. The zero-order chi connectivity index (χ0) is 19.8. The molecule has 0 saturated heterocycles. The fraction of sp³-hybridized carbons (Fsp3) is 0.190. The van der Waals surface area contributed by atoms with Crippen molar-refractivity contribution in [3.8, 4) is 10.8 Å². The molecule has 1 N–H and O–H groups in total. The summed E-state index contributed by atoms with van der Waals surface area (Å²) in [6.45, 7) is 5.05. The van der Waals surface area contributed by atoms with Crippen molar-refractivity contribution in [3.63, 3.8) is 0 Å². The lowest BCUT2D eigenvalue weighted by molar-refractivity contribution is 0.0312. The molecule has 142 valence electrons. The molecule has 0 saturated carbocycles. The monoisotopic (exact) mass is 394 g/mol. The Morgan fingerprint density at radius 2 is 1.96 bits per heavy atom. The molecule has 1 atom stereocenters. The fourth-order valence-corrected chi connectivity index (χ4v) is 3.81. The van der Waals surface area contributed by atoms with Crippen molar-refractivity contribution >= 4 is 34.0 Å². The van der Waals surface area contributed by atoms with Crippen LogP contribution in [0.3, 0.4) is 0 Å². The summed E-state index contributed by atoms with van der Waals surface area (Å²) in [6.07, 6.45) is -0.952. The Morgan fingerprint density at radius 1 is 1.18 bits per heavy atom. The second-order valence-corrected chi connectivity index (χ2v) is 7.43. The van der Waals surface area contributed by atoms with Crippen LogP contribution in [0.4, 0.5) is 0 Å². The molecule has 0 amide bonds. The number of aromatic amines is 1. The van der Waals surface area contributed by atoms with Crippen LogP contribution in [-0.2, 0) is 4.74 Å². The number of oxazole rings is 1. The standard InChI is InChI=1S/C21H18N2O4S/c1-11-17(14-7-4-5-8-15(14)22-11)19(24)13(3)27-21(25)18-12(2)26-20(23-18)16-9-6-10-28-16/h4-10,13,22H,1-3H3/t13-/m0/s1. The van der Waals surface area contributed by atoms with Crippen LogP contribution in [0, 0.1) is 13.8 Å². The maximum Gasteiger partial charge on any atom is 0.361 e. The van der Waals surface area contributed by atoms with Crippen molar-refractivity contribution in [2.45, 2.75) is 26.9 Å². The van der Waals surface area contributed by atoms with Gasteiger partial charge in [-0.25, -0.2) is 9.78 Å². The maximum atomic E-state index is 12.9. The Balaban J connectivity index is 1.56. The summed E-state index contributed by atoms with van der Waals surface area (Å²) in [5.41, 5.74) is 2.23. The number of ketones is 1. The molecule has 0 aliphatic carbocycles. The Bertz CT molecular complexity index is 1170. The van der Waals surface area contributed by atoms with E-state index in [1.54, 1.807) is 13.8 Å². The SMILES string of the molecule is Cc1[nH]c2ccccc2c1C(=O)[C@H](C)OC(=O)c1nc(-c2cccs2)oc1C. The summed E-state index contributed by atoms with van der Waals surface area (Å²) in [5.74, 6) is -0.215. The van der Waals surface area contributed by atoms with E-state index in [1.807, 2.05) is 48.7 Å². The number of carbonyl (C=O) groups is 2. The molecule has 0 spiro atoms. The number of esters is 1. The normalized spacial score (nSPS) is 12.2. The molecule has 0 unspecified atom stereocenters.